The Labute approximate surface area is 112 Å². The van der Waals surface area contributed by atoms with Gasteiger partial charge in [0.05, 0.1) is 12.5 Å². The van der Waals surface area contributed by atoms with Crippen LogP contribution in [0, 0.1) is 23.0 Å². The molecule has 1 aromatic carbocycles. The molecule has 96 valence electrons. The molecule has 0 heterocycles. The molecule has 0 saturated carbocycles. The topological polar surface area (TPSA) is 44.1 Å². The van der Waals surface area contributed by atoms with Gasteiger partial charge in [-0.2, -0.15) is 5.26 Å². The molecule has 0 saturated heterocycles. The maximum Gasteiger partial charge on any atom is 0.259 e. The summed E-state index contributed by atoms with van der Waals surface area (Å²) >= 11 is 2.94. The Morgan fingerprint density at radius 3 is 2.44 bits per heavy atom. The van der Waals surface area contributed by atoms with Gasteiger partial charge < -0.3 is 4.90 Å². The van der Waals surface area contributed by atoms with Gasteiger partial charge >= 0.3 is 0 Å². The standard InChI is InChI=1S/C12H11BrF2N2O/c1-7(3-4-16)17(2)12(18)11-9(14)5-8(13)6-10(11)15/h5-7H,3H2,1-2H3. The van der Waals surface area contributed by atoms with Crippen LogP contribution in [-0.2, 0) is 0 Å². The lowest BCUT2D eigenvalue weighted by molar-refractivity contribution is 0.0736. The monoisotopic (exact) mass is 316 g/mol. The second-order valence-corrected chi connectivity index (χ2v) is 4.79. The maximum absolute atomic E-state index is 13.6. The lowest BCUT2D eigenvalue weighted by atomic mass is 10.1. The number of benzene rings is 1. The summed E-state index contributed by atoms with van der Waals surface area (Å²) in [5, 5.41) is 8.54. The number of halogens is 3. The Hall–Kier alpha value is -1.48. The molecule has 1 amide bonds. The maximum atomic E-state index is 13.6. The normalized spacial score (nSPS) is 11.8. The Morgan fingerprint density at radius 1 is 1.50 bits per heavy atom. The van der Waals surface area contributed by atoms with E-state index in [1.807, 2.05) is 6.07 Å². The molecule has 3 nitrogen and oxygen atoms in total. The smallest absolute Gasteiger partial charge is 0.259 e. The van der Waals surface area contributed by atoms with Crippen LogP contribution in [0.2, 0.25) is 0 Å². The first-order valence-corrected chi connectivity index (χ1v) is 5.96. The van der Waals surface area contributed by atoms with Gasteiger partial charge in [0.15, 0.2) is 0 Å². The summed E-state index contributed by atoms with van der Waals surface area (Å²) in [6.07, 6.45) is 0.0992. The molecular formula is C12H11BrF2N2O. The van der Waals surface area contributed by atoms with Crippen LogP contribution < -0.4 is 0 Å². The number of carbonyl (C=O) groups excluding carboxylic acids is 1. The number of rotatable bonds is 3. The zero-order chi connectivity index (χ0) is 13.9. The van der Waals surface area contributed by atoms with Gasteiger partial charge in [-0.05, 0) is 19.1 Å². The van der Waals surface area contributed by atoms with Gasteiger partial charge in [-0.3, -0.25) is 4.79 Å². The summed E-state index contributed by atoms with van der Waals surface area (Å²) < 4.78 is 27.4. The third-order valence-electron chi connectivity index (χ3n) is 2.59. The summed E-state index contributed by atoms with van der Waals surface area (Å²) in [5.41, 5.74) is -0.606. The van der Waals surface area contributed by atoms with Crippen molar-refractivity contribution in [3.63, 3.8) is 0 Å². The van der Waals surface area contributed by atoms with E-state index >= 15 is 0 Å². The highest BCUT2D eigenvalue weighted by Gasteiger charge is 2.24. The van der Waals surface area contributed by atoms with E-state index in [0.29, 0.717) is 0 Å². The first kappa shape index (κ1) is 14.6. The predicted octanol–water partition coefficient (Wildman–Crippen LogP) is 3.10. The minimum absolute atomic E-state index is 0.0992. The zero-order valence-corrected chi connectivity index (χ0v) is 11.5. The lowest BCUT2D eigenvalue weighted by Gasteiger charge is -2.23. The molecule has 0 aliphatic carbocycles. The van der Waals surface area contributed by atoms with Gasteiger partial charge in [0.25, 0.3) is 5.91 Å². The first-order chi connectivity index (χ1) is 8.38. The number of hydrogen-bond acceptors (Lipinski definition) is 2. The van der Waals surface area contributed by atoms with Crippen molar-refractivity contribution >= 4 is 21.8 Å². The Balaban J connectivity index is 3.09. The van der Waals surface area contributed by atoms with Crippen molar-refractivity contribution in [3.05, 3.63) is 33.8 Å². The third-order valence-corrected chi connectivity index (χ3v) is 3.05. The Kier molecular flexibility index (Phi) is 4.79. The van der Waals surface area contributed by atoms with E-state index in [4.69, 9.17) is 5.26 Å². The highest BCUT2D eigenvalue weighted by Crippen LogP contribution is 2.21. The summed E-state index contributed by atoms with van der Waals surface area (Å²) in [4.78, 5) is 13.1. The average molecular weight is 317 g/mol. The van der Waals surface area contributed by atoms with Crippen LogP contribution in [0.25, 0.3) is 0 Å². The zero-order valence-electron chi connectivity index (χ0n) is 9.88. The molecule has 1 rings (SSSR count). The minimum atomic E-state index is -0.928. The molecule has 6 heteroatoms. The summed E-state index contributed by atoms with van der Waals surface area (Å²) in [7, 11) is 1.41. The highest BCUT2D eigenvalue weighted by atomic mass is 79.9. The fraction of sp³-hybridized carbons (Fsp3) is 0.333. The Bertz CT molecular complexity index is 490. The first-order valence-electron chi connectivity index (χ1n) is 5.17. The molecule has 1 unspecified atom stereocenters. The van der Waals surface area contributed by atoms with E-state index in [-0.39, 0.29) is 10.9 Å². The fourth-order valence-electron chi connectivity index (χ4n) is 1.39. The van der Waals surface area contributed by atoms with E-state index < -0.39 is 29.1 Å². The van der Waals surface area contributed by atoms with E-state index in [1.54, 1.807) is 6.92 Å². The average Bonchev–Trinajstić information content (AvgIpc) is 2.26. The van der Waals surface area contributed by atoms with Crippen LogP contribution in [0.5, 0.6) is 0 Å². The van der Waals surface area contributed by atoms with Crippen molar-refractivity contribution in [3.8, 4) is 6.07 Å². The van der Waals surface area contributed by atoms with Gasteiger partial charge in [-0.25, -0.2) is 8.78 Å². The van der Waals surface area contributed by atoms with Crippen LogP contribution >= 0.6 is 15.9 Å². The summed E-state index contributed by atoms with van der Waals surface area (Å²) in [6.45, 7) is 1.63. The molecule has 18 heavy (non-hydrogen) atoms. The van der Waals surface area contributed by atoms with Crippen LogP contribution in [-0.4, -0.2) is 23.9 Å². The van der Waals surface area contributed by atoms with Gasteiger partial charge in [-0.1, -0.05) is 15.9 Å². The van der Waals surface area contributed by atoms with E-state index in [9.17, 15) is 13.6 Å². The van der Waals surface area contributed by atoms with Crippen LogP contribution in [0.15, 0.2) is 16.6 Å². The number of carbonyl (C=O) groups is 1. The van der Waals surface area contributed by atoms with Crippen molar-refractivity contribution in [1.29, 1.82) is 5.26 Å². The van der Waals surface area contributed by atoms with Crippen molar-refractivity contribution in [2.45, 2.75) is 19.4 Å². The molecule has 0 radical (unpaired) electrons. The van der Waals surface area contributed by atoms with Gasteiger partial charge in [0, 0.05) is 17.6 Å². The largest absolute Gasteiger partial charge is 0.338 e. The number of nitriles is 1. The summed E-state index contributed by atoms with van der Waals surface area (Å²) in [6, 6.07) is 3.55. The molecule has 0 aliphatic rings. The van der Waals surface area contributed by atoms with Crippen LogP contribution in [0.4, 0.5) is 8.78 Å². The molecule has 0 spiro atoms. The summed E-state index contributed by atoms with van der Waals surface area (Å²) in [5.74, 6) is -2.63. The van der Waals surface area contributed by atoms with E-state index in [1.165, 1.54) is 7.05 Å². The molecule has 0 N–H and O–H groups in total. The predicted molar refractivity (Wildman–Crippen MR) is 65.8 cm³/mol. The van der Waals surface area contributed by atoms with Crippen molar-refractivity contribution in [2.24, 2.45) is 0 Å². The quantitative estimate of drug-likeness (QED) is 0.860. The molecule has 1 aromatic rings. The molecule has 0 aromatic heterocycles. The minimum Gasteiger partial charge on any atom is -0.338 e. The molecule has 1 atom stereocenters. The van der Waals surface area contributed by atoms with E-state index in [2.05, 4.69) is 15.9 Å². The number of nitrogens with zero attached hydrogens (tertiary/aromatic N) is 2. The van der Waals surface area contributed by atoms with E-state index in [0.717, 1.165) is 17.0 Å². The Morgan fingerprint density at radius 2 is 2.00 bits per heavy atom. The number of amides is 1. The molecular weight excluding hydrogens is 306 g/mol. The lowest BCUT2D eigenvalue weighted by Crippen LogP contribution is -2.35. The van der Waals surface area contributed by atoms with Gasteiger partial charge in [0.1, 0.15) is 17.2 Å². The second kappa shape index (κ2) is 5.91. The third kappa shape index (κ3) is 3.05. The molecule has 0 aliphatic heterocycles. The van der Waals surface area contributed by atoms with Crippen molar-refractivity contribution in [1.82, 2.24) is 4.90 Å². The number of hydrogen-bond donors (Lipinski definition) is 0. The second-order valence-electron chi connectivity index (χ2n) is 3.87. The van der Waals surface area contributed by atoms with Crippen molar-refractivity contribution < 1.29 is 13.6 Å². The van der Waals surface area contributed by atoms with Crippen molar-refractivity contribution in [2.75, 3.05) is 7.05 Å². The van der Waals surface area contributed by atoms with Gasteiger partial charge in [-0.15, -0.1) is 0 Å². The van der Waals surface area contributed by atoms with Gasteiger partial charge in [0.2, 0.25) is 0 Å². The fourth-order valence-corrected chi connectivity index (χ4v) is 1.79. The van der Waals surface area contributed by atoms with Crippen LogP contribution in [0.3, 0.4) is 0 Å². The van der Waals surface area contributed by atoms with Crippen LogP contribution in [0.1, 0.15) is 23.7 Å². The SMILES string of the molecule is CC(CC#N)N(C)C(=O)c1c(F)cc(Br)cc1F. The molecule has 0 fully saturated rings. The molecule has 0 bridgehead atoms. The highest BCUT2D eigenvalue weighted by molar-refractivity contribution is 9.10.